The first kappa shape index (κ1) is 19.6. The lowest BCUT2D eigenvalue weighted by atomic mass is 10.0. The fraction of sp³-hybridized carbons (Fsp3) is 0.364. The van der Waals surface area contributed by atoms with Gasteiger partial charge in [0.1, 0.15) is 23.4 Å². The zero-order chi connectivity index (χ0) is 21.5. The molecule has 0 bridgehead atoms. The number of likely N-dealkylation sites (N-methyl/N-ethyl adjacent to an activating group) is 1. The minimum absolute atomic E-state index is 0.0351. The van der Waals surface area contributed by atoms with Crippen LogP contribution in [0.2, 0.25) is 0 Å². The van der Waals surface area contributed by atoms with Crippen molar-refractivity contribution in [3.05, 3.63) is 48.7 Å². The van der Waals surface area contributed by atoms with Crippen LogP contribution in [-0.4, -0.2) is 57.8 Å². The number of fused-ring (bicyclic) bond motifs is 1. The number of imidazole rings is 1. The van der Waals surface area contributed by atoms with E-state index in [1.807, 2.05) is 6.92 Å². The van der Waals surface area contributed by atoms with Crippen molar-refractivity contribution in [3.63, 3.8) is 0 Å². The van der Waals surface area contributed by atoms with Crippen LogP contribution in [0, 0.1) is 5.82 Å². The van der Waals surface area contributed by atoms with Gasteiger partial charge in [-0.15, -0.1) is 0 Å². The first-order valence-electron chi connectivity index (χ1n) is 10.4. The Labute approximate surface area is 179 Å². The van der Waals surface area contributed by atoms with Gasteiger partial charge < -0.3 is 14.5 Å². The number of anilines is 2. The van der Waals surface area contributed by atoms with E-state index in [1.54, 1.807) is 47.2 Å². The van der Waals surface area contributed by atoms with Gasteiger partial charge in [-0.25, -0.2) is 14.4 Å². The van der Waals surface area contributed by atoms with Crippen molar-refractivity contribution in [2.45, 2.75) is 31.8 Å². The maximum Gasteiger partial charge on any atom is 0.249 e. The molecule has 1 fully saturated rings. The third kappa shape index (κ3) is 3.25. The highest BCUT2D eigenvalue weighted by Gasteiger charge is 2.41. The minimum atomic E-state index is -0.306. The number of benzene rings is 1. The van der Waals surface area contributed by atoms with Crippen LogP contribution in [0.15, 0.2) is 42.9 Å². The second-order valence-corrected chi connectivity index (χ2v) is 7.75. The van der Waals surface area contributed by atoms with E-state index in [1.165, 1.54) is 12.1 Å². The number of amides is 1. The molecule has 2 aliphatic rings. The maximum atomic E-state index is 13.4. The Kier molecular flexibility index (Phi) is 4.90. The van der Waals surface area contributed by atoms with E-state index >= 15 is 0 Å². The van der Waals surface area contributed by atoms with Crippen molar-refractivity contribution in [1.29, 1.82) is 0 Å². The van der Waals surface area contributed by atoms with Crippen LogP contribution < -0.4 is 9.80 Å². The highest BCUT2D eigenvalue weighted by Crippen LogP contribution is 2.37. The SMILES string of the molecule is CC[C@@H]1C(=O)N(C)c2cnc(-n3ccnc3-c3ccc(F)cc3)nc2N1C1CCOC1. The molecule has 2 aliphatic heterocycles. The van der Waals surface area contributed by atoms with Gasteiger partial charge in [0, 0.05) is 31.6 Å². The standard InChI is InChI=1S/C22H23FN6O2/c1-3-17-21(30)27(2)18-12-25-22(26-20(18)29(17)16-8-11-31-13-16)28-10-9-24-19(28)14-4-6-15(23)7-5-14/h4-7,9-10,12,16-17H,3,8,11,13H2,1-2H3/t16?,17-/m1/s1. The van der Waals surface area contributed by atoms with Gasteiger partial charge in [0.05, 0.1) is 18.8 Å². The smallest absolute Gasteiger partial charge is 0.249 e. The molecule has 1 aromatic carbocycles. The van der Waals surface area contributed by atoms with E-state index in [9.17, 15) is 9.18 Å². The van der Waals surface area contributed by atoms with Crippen LogP contribution in [0.4, 0.5) is 15.9 Å². The van der Waals surface area contributed by atoms with Gasteiger partial charge in [-0.3, -0.25) is 9.36 Å². The normalized spacial score (nSPS) is 20.9. The lowest BCUT2D eigenvalue weighted by Gasteiger charge is -2.43. The van der Waals surface area contributed by atoms with E-state index in [4.69, 9.17) is 9.72 Å². The van der Waals surface area contributed by atoms with Crippen LogP contribution >= 0.6 is 0 Å². The average Bonchev–Trinajstić information content (AvgIpc) is 3.48. The zero-order valence-electron chi connectivity index (χ0n) is 17.4. The number of carbonyl (C=O) groups excluding carboxylic acids is 1. The second-order valence-electron chi connectivity index (χ2n) is 7.75. The van der Waals surface area contributed by atoms with Crippen LogP contribution in [0.1, 0.15) is 19.8 Å². The van der Waals surface area contributed by atoms with Gasteiger partial charge in [-0.05, 0) is 37.1 Å². The number of aromatic nitrogens is 4. The first-order chi connectivity index (χ1) is 15.1. The fourth-order valence-electron chi connectivity index (χ4n) is 4.33. The Morgan fingerprint density at radius 1 is 1.23 bits per heavy atom. The number of hydrogen-bond donors (Lipinski definition) is 0. The molecule has 3 aromatic rings. The summed E-state index contributed by atoms with van der Waals surface area (Å²) in [7, 11) is 1.76. The summed E-state index contributed by atoms with van der Waals surface area (Å²) in [5.74, 6) is 1.50. The van der Waals surface area contributed by atoms with Gasteiger partial charge in [0.2, 0.25) is 11.9 Å². The van der Waals surface area contributed by atoms with Crippen molar-refractivity contribution >= 4 is 17.4 Å². The molecular weight excluding hydrogens is 399 g/mol. The molecule has 31 heavy (non-hydrogen) atoms. The van der Waals surface area contributed by atoms with E-state index in [0.29, 0.717) is 42.9 Å². The van der Waals surface area contributed by atoms with Crippen LogP contribution in [0.25, 0.3) is 17.3 Å². The predicted octanol–water partition coefficient (Wildman–Crippen LogP) is 2.82. The van der Waals surface area contributed by atoms with Gasteiger partial charge >= 0.3 is 0 Å². The molecular formula is C22H23FN6O2. The Balaban J connectivity index is 1.62. The van der Waals surface area contributed by atoms with Gasteiger partial charge in [-0.2, -0.15) is 4.98 Å². The molecule has 5 rings (SSSR count). The number of halogens is 1. The summed E-state index contributed by atoms with van der Waals surface area (Å²) < 4.78 is 20.8. The Morgan fingerprint density at radius 3 is 2.74 bits per heavy atom. The average molecular weight is 422 g/mol. The number of rotatable bonds is 4. The molecule has 4 heterocycles. The third-order valence-corrected chi connectivity index (χ3v) is 5.94. The summed E-state index contributed by atoms with van der Waals surface area (Å²) in [5, 5.41) is 0. The Hall–Kier alpha value is -3.33. The number of nitrogens with zero attached hydrogens (tertiary/aromatic N) is 6. The molecule has 2 aromatic heterocycles. The molecule has 9 heteroatoms. The molecule has 160 valence electrons. The summed E-state index contributed by atoms with van der Waals surface area (Å²) >= 11 is 0. The largest absolute Gasteiger partial charge is 0.379 e. The molecule has 8 nitrogen and oxygen atoms in total. The molecule has 0 saturated carbocycles. The Bertz CT molecular complexity index is 1110. The van der Waals surface area contributed by atoms with Crippen molar-refractivity contribution in [2.24, 2.45) is 0 Å². The molecule has 0 N–H and O–H groups in total. The summed E-state index contributed by atoms with van der Waals surface area (Å²) in [6.45, 7) is 3.25. The van der Waals surface area contributed by atoms with Crippen molar-refractivity contribution in [3.8, 4) is 17.3 Å². The summed E-state index contributed by atoms with van der Waals surface area (Å²) in [6.07, 6.45) is 6.63. The van der Waals surface area contributed by atoms with Crippen LogP contribution in [-0.2, 0) is 9.53 Å². The highest BCUT2D eigenvalue weighted by molar-refractivity contribution is 6.04. The van der Waals surface area contributed by atoms with E-state index in [0.717, 1.165) is 12.0 Å². The molecule has 2 atom stereocenters. The molecule has 1 unspecified atom stereocenters. The molecule has 0 radical (unpaired) electrons. The van der Waals surface area contributed by atoms with Crippen LogP contribution in [0.5, 0.6) is 0 Å². The van der Waals surface area contributed by atoms with Crippen molar-refractivity contribution < 1.29 is 13.9 Å². The van der Waals surface area contributed by atoms with Gasteiger partial charge in [-0.1, -0.05) is 6.92 Å². The number of ether oxygens (including phenoxy) is 1. The monoisotopic (exact) mass is 422 g/mol. The van der Waals surface area contributed by atoms with Crippen molar-refractivity contribution in [1.82, 2.24) is 19.5 Å². The minimum Gasteiger partial charge on any atom is -0.379 e. The molecule has 0 spiro atoms. The van der Waals surface area contributed by atoms with Crippen LogP contribution in [0.3, 0.4) is 0 Å². The third-order valence-electron chi connectivity index (χ3n) is 5.94. The van der Waals surface area contributed by atoms with E-state index in [2.05, 4.69) is 14.9 Å². The van der Waals surface area contributed by atoms with E-state index in [-0.39, 0.29) is 23.8 Å². The quantitative estimate of drug-likeness (QED) is 0.644. The molecule has 1 amide bonds. The highest BCUT2D eigenvalue weighted by atomic mass is 19.1. The fourth-order valence-corrected chi connectivity index (χ4v) is 4.33. The lowest BCUT2D eigenvalue weighted by molar-refractivity contribution is -0.120. The summed E-state index contributed by atoms with van der Waals surface area (Å²) in [5.41, 5.74) is 1.43. The van der Waals surface area contributed by atoms with E-state index < -0.39 is 0 Å². The van der Waals surface area contributed by atoms with Crippen molar-refractivity contribution in [2.75, 3.05) is 30.1 Å². The lowest BCUT2D eigenvalue weighted by Crippen LogP contribution is -2.56. The van der Waals surface area contributed by atoms with Gasteiger partial charge in [0.15, 0.2) is 5.82 Å². The number of hydrogen-bond acceptors (Lipinski definition) is 6. The zero-order valence-corrected chi connectivity index (χ0v) is 17.4. The topological polar surface area (TPSA) is 76.4 Å². The molecule has 0 aliphatic carbocycles. The first-order valence-corrected chi connectivity index (χ1v) is 10.4. The number of carbonyl (C=O) groups is 1. The van der Waals surface area contributed by atoms with Gasteiger partial charge in [0.25, 0.3) is 0 Å². The molecule has 1 saturated heterocycles. The Morgan fingerprint density at radius 2 is 2.03 bits per heavy atom. The maximum absolute atomic E-state index is 13.4. The summed E-state index contributed by atoms with van der Waals surface area (Å²) in [6, 6.07) is 5.93. The second kappa shape index (κ2) is 7.73. The predicted molar refractivity (Wildman–Crippen MR) is 114 cm³/mol. The summed E-state index contributed by atoms with van der Waals surface area (Å²) in [4.78, 5) is 30.6.